The monoisotopic (exact) mass is 385 g/mol. The predicted molar refractivity (Wildman–Crippen MR) is 110 cm³/mol. The molecule has 0 saturated carbocycles. The molecule has 0 fully saturated rings. The zero-order valence-electron chi connectivity index (χ0n) is 16.1. The van der Waals surface area contributed by atoms with E-state index in [0.717, 1.165) is 18.4 Å². The Balaban J connectivity index is 0.00000625. The van der Waals surface area contributed by atoms with Gasteiger partial charge in [-0.3, -0.25) is 4.79 Å². The van der Waals surface area contributed by atoms with E-state index in [2.05, 4.69) is 6.92 Å². The van der Waals surface area contributed by atoms with E-state index in [1.807, 2.05) is 0 Å². The molecule has 0 unspecified atom stereocenters. The second-order valence-electron chi connectivity index (χ2n) is 6.83. The van der Waals surface area contributed by atoms with E-state index in [9.17, 15) is 9.90 Å². The van der Waals surface area contributed by atoms with Crippen LogP contribution in [0.2, 0.25) is 0 Å². The Hall–Kier alpha value is -1.26. The lowest BCUT2D eigenvalue weighted by Gasteiger charge is -2.11. The molecular weight excluding hydrogens is 350 g/mol. The molecule has 1 aromatic rings. The Labute approximate surface area is 164 Å². The summed E-state index contributed by atoms with van der Waals surface area (Å²) in [5, 5.41) is 9.25. The number of benzene rings is 1. The number of unbranched alkanes of at least 4 members (excludes halogenated alkanes) is 9. The topological polar surface area (TPSA) is 72.5 Å². The average Bonchev–Trinajstić information content (AvgIpc) is 2.61. The zero-order chi connectivity index (χ0) is 18.3. The van der Waals surface area contributed by atoms with Gasteiger partial charge in [0.2, 0.25) is 0 Å². The average molecular weight is 386 g/mol. The van der Waals surface area contributed by atoms with Gasteiger partial charge in [-0.15, -0.1) is 12.4 Å². The van der Waals surface area contributed by atoms with E-state index >= 15 is 0 Å². The number of rotatable bonds is 14. The van der Waals surface area contributed by atoms with Gasteiger partial charge in [0, 0.05) is 0 Å². The van der Waals surface area contributed by atoms with Crippen molar-refractivity contribution in [2.24, 2.45) is 5.73 Å². The Kier molecular flexibility index (Phi) is 15.2. The van der Waals surface area contributed by atoms with E-state index in [-0.39, 0.29) is 24.1 Å². The number of ether oxygens (including phenoxy) is 1. The third kappa shape index (κ3) is 12.2. The number of carbonyl (C=O) groups is 1. The van der Waals surface area contributed by atoms with Gasteiger partial charge >= 0.3 is 5.97 Å². The Bertz CT molecular complexity index is 465. The van der Waals surface area contributed by atoms with Gasteiger partial charge in [0.15, 0.2) is 0 Å². The smallest absolute Gasteiger partial charge is 0.323 e. The van der Waals surface area contributed by atoms with Crippen molar-refractivity contribution >= 4 is 18.4 Å². The van der Waals surface area contributed by atoms with Gasteiger partial charge in [0.1, 0.15) is 11.8 Å². The number of halogens is 1. The minimum absolute atomic E-state index is 0. The maximum Gasteiger partial charge on any atom is 0.323 e. The summed E-state index contributed by atoms with van der Waals surface area (Å²) < 4.78 is 5.26. The SMILES string of the molecule is CCCCCCCCCCCCOC(=O)[C@H](N)Cc1ccc(O)cc1.Cl. The van der Waals surface area contributed by atoms with E-state index in [1.54, 1.807) is 24.3 Å². The molecule has 0 heterocycles. The van der Waals surface area contributed by atoms with Gasteiger partial charge in [0.05, 0.1) is 6.61 Å². The van der Waals surface area contributed by atoms with Gasteiger partial charge in [0.25, 0.3) is 0 Å². The minimum Gasteiger partial charge on any atom is -0.508 e. The first kappa shape index (κ1) is 24.7. The van der Waals surface area contributed by atoms with Crippen molar-refractivity contribution in [1.29, 1.82) is 0 Å². The highest BCUT2D eigenvalue weighted by molar-refractivity contribution is 5.85. The largest absolute Gasteiger partial charge is 0.508 e. The molecule has 0 amide bonds. The first-order chi connectivity index (χ1) is 12.1. The molecule has 0 aliphatic rings. The molecule has 0 saturated heterocycles. The zero-order valence-corrected chi connectivity index (χ0v) is 16.9. The molecule has 4 nitrogen and oxygen atoms in total. The van der Waals surface area contributed by atoms with Crippen molar-refractivity contribution in [2.45, 2.75) is 83.6 Å². The van der Waals surface area contributed by atoms with Crippen molar-refractivity contribution in [3.05, 3.63) is 29.8 Å². The van der Waals surface area contributed by atoms with Gasteiger partial charge in [-0.25, -0.2) is 0 Å². The van der Waals surface area contributed by atoms with Gasteiger partial charge < -0.3 is 15.6 Å². The number of esters is 1. The number of carbonyl (C=O) groups excluding carboxylic acids is 1. The lowest BCUT2D eigenvalue weighted by molar-refractivity contribution is -0.145. The standard InChI is InChI=1S/C21H35NO3.ClH/c1-2-3-4-5-6-7-8-9-10-11-16-25-21(24)20(22)17-18-12-14-19(23)15-13-18;/h12-15,20,23H,2-11,16-17,22H2,1H3;1H/t20-;/m1./s1. The van der Waals surface area contributed by atoms with Crippen LogP contribution in [0.3, 0.4) is 0 Å². The molecule has 1 rings (SSSR count). The quantitative estimate of drug-likeness (QED) is 0.343. The highest BCUT2D eigenvalue weighted by atomic mass is 35.5. The molecule has 5 heteroatoms. The molecule has 0 aromatic heterocycles. The number of hydrogen-bond acceptors (Lipinski definition) is 4. The summed E-state index contributed by atoms with van der Waals surface area (Å²) in [7, 11) is 0. The van der Waals surface area contributed by atoms with E-state index < -0.39 is 6.04 Å². The number of aromatic hydroxyl groups is 1. The van der Waals surface area contributed by atoms with Crippen LogP contribution in [0, 0.1) is 0 Å². The van der Waals surface area contributed by atoms with Crippen LogP contribution in [0.25, 0.3) is 0 Å². The van der Waals surface area contributed by atoms with Crippen LogP contribution < -0.4 is 5.73 Å². The van der Waals surface area contributed by atoms with Crippen LogP contribution in [0.5, 0.6) is 5.75 Å². The van der Waals surface area contributed by atoms with E-state index in [0.29, 0.717) is 13.0 Å². The van der Waals surface area contributed by atoms with Crippen LogP contribution in [0.15, 0.2) is 24.3 Å². The normalized spacial score (nSPS) is 11.6. The van der Waals surface area contributed by atoms with Crippen LogP contribution in [-0.4, -0.2) is 23.7 Å². The number of nitrogens with two attached hydrogens (primary N) is 1. The first-order valence-electron chi connectivity index (χ1n) is 9.83. The molecule has 26 heavy (non-hydrogen) atoms. The summed E-state index contributed by atoms with van der Waals surface area (Å²) in [6.45, 7) is 2.70. The molecule has 3 N–H and O–H groups in total. The molecule has 1 aromatic carbocycles. The molecule has 0 bridgehead atoms. The summed E-state index contributed by atoms with van der Waals surface area (Å²) >= 11 is 0. The first-order valence-corrected chi connectivity index (χ1v) is 9.83. The lowest BCUT2D eigenvalue weighted by atomic mass is 10.1. The second-order valence-corrected chi connectivity index (χ2v) is 6.83. The third-order valence-electron chi connectivity index (χ3n) is 4.44. The fourth-order valence-corrected chi connectivity index (χ4v) is 2.84. The van der Waals surface area contributed by atoms with Crippen molar-refractivity contribution < 1.29 is 14.6 Å². The van der Waals surface area contributed by atoms with Gasteiger partial charge in [-0.2, -0.15) is 0 Å². The fourth-order valence-electron chi connectivity index (χ4n) is 2.84. The van der Waals surface area contributed by atoms with E-state index in [1.165, 1.54) is 51.4 Å². The van der Waals surface area contributed by atoms with Gasteiger partial charge in [-0.05, 0) is 30.5 Å². The fraction of sp³-hybridized carbons (Fsp3) is 0.667. The van der Waals surface area contributed by atoms with Crippen LogP contribution in [-0.2, 0) is 16.0 Å². The Morgan fingerprint density at radius 2 is 1.46 bits per heavy atom. The number of phenolic OH excluding ortho intramolecular Hbond substituents is 1. The second kappa shape index (κ2) is 16.0. The molecule has 0 aliphatic heterocycles. The molecule has 0 spiro atoms. The van der Waals surface area contributed by atoms with Crippen molar-refractivity contribution in [3.8, 4) is 5.75 Å². The Morgan fingerprint density at radius 1 is 0.962 bits per heavy atom. The summed E-state index contributed by atoms with van der Waals surface area (Å²) in [4.78, 5) is 11.9. The van der Waals surface area contributed by atoms with Crippen LogP contribution in [0.4, 0.5) is 0 Å². The van der Waals surface area contributed by atoms with Crippen molar-refractivity contribution in [1.82, 2.24) is 0 Å². The molecule has 0 radical (unpaired) electrons. The number of hydrogen-bond donors (Lipinski definition) is 2. The highest BCUT2D eigenvalue weighted by Crippen LogP contribution is 2.12. The molecule has 150 valence electrons. The van der Waals surface area contributed by atoms with Crippen molar-refractivity contribution in [3.63, 3.8) is 0 Å². The lowest BCUT2D eigenvalue weighted by Crippen LogP contribution is -2.34. The molecule has 0 aliphatic carbocycles. The van der Waals surface area contributed by atoms with Crippen molar-refractivity contribution in [2.75, 3.05) is 6.61 Å². The highest BCUT2D eigenvalue weighted by Gasteiger charge is 2.15. The number of phenols is 1. The molecular formula is C21H36ClNO3. The van der Waals surface area contributed by atoms with Crippen LogP contribution >= 0.6 is 12.4 Å². The maximum atomic E-state index is 11.9. The summed E-state index contributed by atoms with van der Waals surface area (Å²) in [5.74, 6) is -0.134. The minimum atomic E-state index is -0.646. The maximum absolute atomic E-state index is 11.9. The summed E-state index contributed by atoms with van der Waals surface area (Å²) in [6.07, 6.45) is 13.0. The predicted octanol–water partition coefficient (Wildman–Crippen LogP) is 5.15. The third-order valence-corrected chi connectivity index (χ3v) is 4.44. The molecule has 1 atom stereocenters. The van der Waals surface area contributed by atoms with Gasteiger partial charge in [-0.1, -0.05) is 76.8 Å². The summed E-state index contributed by atoms with van der Waals surface area (Å²) in [6, 6.07) is 6.08. The van der Waals surface area contributed by atoms with E-state index in [4.69, 9.17) is 10.5 Å². The van der Waals surface area contributed by atoms with Crippen LogP contribution in [0.1, 0.15) is 76.7 Å². The summed E-state index contributed by atoms with van der Waals surface area (Å²) in [5.41, 5.74) is 6.80. The Morgan fingerprint density at radius 3 is 2.00 bits per heavy atom.